The van der Waals surface area contributed by atoms with Crippen molar-refractivity contribution in [3.05, 3.63) is 38.6 Å². The highest BCUT2D eigenvalue weighted by molar-refractivity contribution is 7.18. The van der Waals surface area contributed by atoms with Gasteiger partial charge in [-0.3, -0.25) is 0 Å². The first kappa shape index (κ1) is 14.8. The Morgan fingerprint density at radius 2 is 2.19 bits per heavy atom. The van der Waals surface area contributed by atoms with Crippen LogP contribution in [0.5, 0.6) is 0 Å². The maximum absolute atomic E-state index is 6.11. The van der Waals surface area contributed by atoms with Gasteiger partial charge in [0.1, 0.15) is 10.6 Å². The van der Waals surface area contributed by atoms with E-state index in [9.17, 15) is 0 Å². The molecule has 0 aliphatic heterocycles. The van der Waals surface area contributed by atoms with E-state index >= 15 is 0 Å². The maximum atomic E-state index is 6.11. The quantitative estimate of drug-likeness (QED) is 0.615. The van der Waals surface area contributed by atoms with Gasteiger partial charge in [0.2, 0.25) is 5.28 Å². The second-order valence-corrected chi connectivity index (χ2v) is 7.34. The molecule has 3 aromatic rings. The number of thiophene rings is 2. The summed E-state index contributed by atoms with van der Waals surface area (Å²) < 4.78 is 0. The summed E-state index contributed by atoms with van der Waals surface area (Å²) in [5.74, 6) is 0.904. The molecule has 0 aromatic carbocycles. The van der Waals surface area contributed by atoms with Crippen LogP contribution in [0.15, 0.2) is 23.6 Å². The molecule has 3 rings (SSSR count). The van der Waals surface area contributed by atoms with Crippen molar-refractivity contribution in [3.8, 4) is 0 Å². The molecule has 0 N–H and O–H groups in total. The minimum atomic E-state index is 0.254. The van der Waals surface area contributed by atoms with Crippen molar-refractivity contribution in [1.82, 2.24) is 9.97 Å². The molecule has 6 heteroatoms. The summed E-state index contributed by atoms with van der Waals surface area (Å²) in [6.07, 6.45) is 1.00. The van der Waals surface area contributed by atoms with E-state index in [1.807, 2.05) is 0 Å². The van der Waals surface area contributed by atoms with Crippen LogP contribution in [0, 0.1) is 0 Å². The number of aryl methyl sites for hydroxylation is 1. The predicted molar refractivity (Wildman–Crippen MR) is 92.9 cm³/mol. The number of nitrogens with zero attached hydrogens (tertiary/aromatic N) is 3. The Kier molecular flexibility index (Phi) is 4.15. The van der Waals surface area contributed by atoms with E-state index in [0.717, 1.165) is 22.5 Å². The summed E-state index contributed by atoms with van der Waals surface area (Å²) in [7, 11) is 2.06. The van der Waals surface area contributed by atoms with Crippen molar-refractivity contribution in [2.24, 2.45) is 0 Å². The summed E-state index contributed by atoms with van der Waals surface area (Å²) in [6, 6.07) is 6.66. The Labute approximate surface area is 137 Å². The van der Waals surface area contributed by atoms with Crippen LogP contribution >= 0.6 is 34.3 Å². The van der Waals surface area contributed by atoms with Crippen LogP contribution in [-0.2, 0) is 6.42 Å². The van der Waals surface area contributed by atoms with Gasteiger partial charge < -0.3 is 4.90 Å². The van der Waals surface area contributed by atoms with Crippen LogP contribution in [0.4, 0.5) is 5.82 Å². The van der Waals surface area contributed by atoms with E-state index in [1.54, 1.807) is 22.7 Å². The highest BCUT2D eigenvalue weighted by Crippen LogP contribution is 2.35. The standard InChI is InChI=1S/C15H16ClN3S2/c1-4-10-8-11-13(17-15(16)18-14(11)21-10)19(3)9(2)12-6-5-7-20-12/h5-9H,4H2,1-3H3. The Morgan fingerprint density at radius 1 is 1.38 bits per heavy atom. The Hall–Kier alpha value is -1.17. The van der Waals surface area contributed by atoms with Crippen LogP contribution in [-0.4, -0.2) is 17.0 Å². The third kappa shape index (κ3) is 2.78. The molecule has 0 aliphatic carbocycles. The average molecular weight is 338 g/mol. The monoisotopic (exact) mass is 337 g/mol. The smallest absolute Gasteiger partial charge is 0.225 e. The number of anilines is 1. The Balaban J connectivity index is 2.08. The van der Waals surface area contributed by atoms with Gasteiger partial charge in [-0.2, -0.15) is 4.98 Å². The van der Waals surface area contributed by atoms with Crippen molar-refractivity contribution < 1.29 is 0 Å². The van der Waals surface area contributed by atoms with Crippen LogP contribution in [0.25, 0.3) is 10.2 Å². The number of hydrogen-bond acceptors (Lipinski definition) is 5. The zero-order chi connectivity index (χ0) is 15.0. The van der Waals surface area contributed by atoms with E-state index in [-0.39, 0.29) is 6.04 Å². The number of hydrogen-bond donors (Lipinski definition) is 0. The Morgan fingerprint density at radius 3 is 2.86 bits per heavy atom. The molecule has 0 fully saturated rings. The summed E-state index contributed by atoms with van der Waals surface area (Å²) in [6.45, 7) is 4.33. The number of aromatic nitrogens is 2. The highest BCUT2D eigenvalue weighted by Gasteiger charge is 2.19. The minimum Gasteiger partial charge on any atom is -0.351 e. The summed E-state index contributed by atoms with van der Waals surface area (Å²) >= 11 is 9.56. The molecule has 21 heavy (non-hydrogen) atoms. The normalized spacial score (nSPS) is 12.8. The number of rotatable bonds is 4. The summed E-state index contributed by atoms with van der Waals surface area (Å²) in [5.41, 5.74) is 0. The zero-order valence-corrected chi connectivity index (χ0v) is 14.5. The van der Waals surface area contributed by atoms with Gasteiger partial charge in [0.05, 0.1) is 11.4 Å². The molecule has 3 nitrogen and oxygen atoms in total. The van der Waals surface area contributed by atoms with Gasteiger partial charge in [-0.25, -0.2) is 4.98 Å². The molecule has 0 spiro atoms. The van der Waals surface area contributed by atoms with Crippen molar-refractivity contribution in [2.45, 2.75) is 26.3 Å². The van der Waals surface area contributed by atoms with Gasteiger partial charge in [0.25, 0.3) is 0 Å². The molecule has 0 amide bonds. The largest absolute Gasteiger partial charge is 0.351 e. The van der Waals surface area contributed by atoms with E-state index < -0.39 is 0 Å². The maximum Gasteiger partial charge on any atom is 0.225 e. The zero-order valence-electron chi connectivity index (χ0n) is 12.1. The van der Waals surface area contributed by atoms with Crippen LogP contribution in [0.1, 0.15) is 29.6 Å². The molecule has 3 heterocycles. The minimum absolute atomic E-state index is 0.254. The highest BCUT2D eigenvalue weighted by atomic mass is 35.5. The lowest BCUT2D eigenvalue weighted by atomic mass is 10.2. The molecule has 1 atom stereocenters. The van der Waals surface area contributed by atoms with E-state index in [4.69, 9.17) is 11.6 Å². The molecule has 0 saturated carbocycles. The van der Waals surface area contributed by atoms with Gasteiger partial charge in [0, 0.05) is 16.8 Å². The first-order valence-electron chi connectivity index (χ1n) is 6.82. The van der Waals surface area contributed by atoms with E-state index in [2.05, 4.69) is 59.3 Å². The second kappa shape index (κ2) is 5.91. The van der Waals surface area contributed by atoms with Gasteiger partial charge in [-0.15, -0.1) is 22.7 Å². The topological polar surface area (TPSA) is 29.0 Å². The fourth-order valence-corrected chi connectivity index (χ4v) is 4.28. The van der Waals surface area contributed by atoms with Crippen molar-refractivity contribution >= 4 is 50.3 Å². The third-order valence-electron chi connectivity index (χ3n) is 3.61. The molecule has 3 aromatic heterocycles. The lowest BCUT2D eigenvalue weighted by Gasteiger charge is -2.25. The van der Waals surface area contributed by atoms with Gasteiger partial charge >= 0.3 is 0 Å². The van der Waals surface area contributed by atoms with Crippen LogP contribution in [0.3, 0.4) is 0 Å². The number of halogens is 1. The molecule has 0 aliphatic rings. The fraction of sp³-hybridized carbons (Fsp3) is 0.333. The molecule has 110 valence electrons. The van der Waals surface area contributed by atoms with Gasteiger partial charge in [-0.05, 0) is 42.5 Å². The van der Waals surface area contributed by atoms with Crippen molar-refractivity contribution in [3.63, 3.8) is 0 Å². The van der Waals surface area contributed by atoms with Crippen molar-refractivity contribution in [2.75, 3.05) is 11.9 Å². The molecule has 0 saturated heterocycles. The van der Waals surface area contributed by atoms with E-state index in [0.29, 0.717) is 5.28 Å². The van der Waals surface area contributed by atoms with E-state index in [1.165, 1.54) is 9.75 Å². The Bertz CT molecular complexity index is 752. The average Bonchev–Trinajstić information content (AvgIpc) is 3.13. The lowest BCUT2D eigenvalue weighted by Crippen LogP contribution is -2.22. The third-order valence-corrected chi connectivity index (χ3v) is 6.00. The molecule has 0 radical (unpaired) electrons. The molecular weight excluding hydrogens is 322 g/mol. The molecular formula is C15H16ClN3S2. The lowest BCUT2D eigenvalue weighted by molar-refractivity contribution is 0.744. The second-order valence-electron chi connectivity index (χ2n) is 4.90. The number of fused-ring (bicyclic) bond motifs is 1. The summed E-state index contributed by atoms with van der Waals surface area (Å²) in [4.78, 5) is 14.6. The first-order chi connectivity index (χ1) is 10.1. The first-order valence-corrected chi connectivity index (χ1v) is 8.89. The predicted octanol–water partition coefficient (Wildman–Crippen LogP) is 5.17. The molecule has 1 unspecified atom stereocenters. The summed E-state index contributed by atoms with van der Waals surface area (Å²) in [5, 5.41) is 3.50. The van der Waals surface area contributed by atoms with Gasteiger partial charge in [-0.1, -0.05) is 13.0 Å². The van der Waals surface area contributed by atoms with Crippen molar-refractivity contribution in [1.29, 1.82) is 0 Å². The van der Waals surface area contributed by atoms with Crippen LogP contribution < -0.4 is 4.90 Å². The SMILES string of the molecule is CCc1cc2c(N(C)C(C)c3cccs3)nc(Cl)nc2s1. The van der Waals surface area contributed by atoms with Gasteiger partial charge in [0.15, 0.2) is 0 Å². The van der Waals surface area contributed by atoms with Crippen LogP contribution in [0.2, 0.25) is 5.28 Å². The molecule has 0 bridgehead atoms. The fourth-order valence-electron chi connectivity index (χ4n) is 2.28.